The predicted molar refractivity (Wildman–Crippen MR) is 113 cm³/mol. The van der Waals surface area contributed by atoms with Crippen molar-refractivity contribution >= 4 is 11.7 Å². The van der Waals surface area contributed by atoms with Crippen LogP contribution in [-0.4, -0.2) is 41.9 Å². The number of nitrogens with zero attached hydrogens (tertiary/aromatic N) is 2. The van der Waals surface area contributed by atoms with Crippen molar-refractivity contribution in [2.75, 3.05) is 14.1 Å². The number of nitrogens with one attached hydrogen (secondary N) is 1. The molecule has 4 rings (SSSR count). The van der Waals surface area contributed by atoms with Crippen LogP contribution in [0.15, 0.2) is 91.0 Å². The summed E-state index contributed by atoms with van der Waals surface area (Å²) >= 11 is 0. The number of rotatable bonds is 7. The van der Waals surface area contributed by atoms with Crippen molar-refractivity contribution in [1.29, 1.82) is 0 Å². The number of β-lactam (4-membered cyclic amide) rings is 1. The van der Waals surface area contributed by atoms with Crippen LogP contribution in [0.4, 0.5) is 0 Å². The van der Waals surface area contributed by atoms with Gasteiger partial charge in [0.15, 0.2) is 11.3 Å². The van der Waals surface area contributed by atoms with Gasteiger partial charge in [-0.2, -0.15) is 5.53 Å². The molecule has 1 fully saturated rings. The van der Waals surface area contributed by atoms with Crippen LogP contribution in [0, 0.1) is 0 Å². The van der Waals surface area contributed by atoms with E-state index in [1.807, 2.05) is 66.7 Å². The number of hydrazine groups is 2. The highest BCUT2D eigenvalue weighted by Crippen LogP contribution is 2.45. The van der Waals surface area contributed by atoms with Crippen LogP contribution in [0.3, 0.4) is 0 Å². The standard InChI is InChI=1S/C24H23N3O3/c1-26(2)25-27-23(29)22(30-20-16-10-5-11-17-20)24(27,19-14-8-4-9-15-19)21(28)18-12-6-3-7-13-18/h3-17,22,25H,1-2H3/t22-,24-/m1/s1. The van der Waals surface area contributed by atoms with Crippen molar-refractivity contribution in [3.63, 3.8) is 0 Å². The SMILES string of the molecule is CN(C)NN1C(=O)[C@@H](Oc2ccccc2)[C@]1(C(=O)c1ccccc1)c1ccccc1. The Morgan fingerprint density at radius 1 is 0.900 bits per heavy atom. The van der Waals surface area contributed by atoms with Crippen LogP contribution in [-0.2, 0) is 10.3 Å². The fraction of sp³-hybridized carbons (Fsp3) is 0.167. The maximum Gasteiger partial charge on any atom is 0.283 e. The van der Waals surface area contributed by atoms with Crippen LogP contribution in [0.1, 0.15) is 15.9 Å². The Balaban J connectivity index is 1.87. The van der Waals surface area contributed by atoms with E-state index in [4.69, 9.17) is 4.74 Å². The monoisotopic (exact) mass is 401 g/mol. The van der Waals surface area contributed by atoms with Gasteiger partial charge in [-0.3, -0.25) is 9.59 Å². The molecule has 6 nitrogen and oxygen atoms in total. The minimum Gasteiger partial charge on any atom is -0.477 e. The Morgan fingerprint density at radius 2 is 1.43 bits per heavy atom. The van der Waals surface area contributed by atoms with Crippen molar-refractivity contribution < 1.29 is 14.3 Å². The molecule has 6 heteroatoms. The van der Waals surface area contributed by atoms with E-state index in [-0.39, 0.29) is 11.7 Å². The lowest BCUT2D eigenvalue weighted by Gasteiger charge is -2.55. The zero-order valence-corrected chi connectivity index (χ0v) is 16.9. The number of Topliss-reactive ketones (excluding diaryl/α,β-unsaturated/α-hetero) is 1. The van der Waals surface area contributed by atoms with Crippen molar-refractivity contribution in [2.45, 2.75) is 11.6 Å². The lowest BCUT2D eigenvalue weighted by molar-refractivity contribution is -0.194. The van der Waals surface area contributed by atoms with Crippen LogP contribution in [0.2, 0.25) is 0 Å². The summed E-state index contributed by atoms with van der Waals surface area (Å²) in [6.07, 6.45) is -1.01. The lowest BCUT2D eigenvalue weighted by Crippen LogP contribution is -2.81. The van der Waals surface area contributed by atoms with Crippen LogP contribution in [0.5, 0.6) is 5.75 Å². The number of para-hydroxylation sites is 1. The summed E-state index contributed by atoms with van der Waals surface area (Å²) in [6.45, 7) is 0. The Labute approximate surface area is 175 Å². The number of carbonyl (C=O) groups is 2. The molecule has 0 aromatic heterocycles. The van der Waals surface area contributed by atoms with Gasteiger partial charge >= 0.3 is 0 Å². The minimum atomic E-state index is -1.36. The molecule has 30 heavy (non-hydrogen) atoms. The van der Waals surface area contributed by atoms with E-state index in [9.17, 15) is 9.59 Å². The quantitative estimate of drug-likeness (QED) is 0.375. The summed E-state index contributed by atoms with van der Waals surface area (Å²) in [7, 11) is 3.53. The van der Waals surface area contributed by atoms with E-state index in [0.717, 1.165) is 0 Å². The van der Waals surface area contributed by atoms with E-state index >= 15 is 0 Å². The number of carbonyl (C=O) groups excluding carboxylic acids is 2. The second-order valence-corrected chi connectivity index (χ2v) is 7.31. The van der Waals surface area contributed by atoms with Crippen molar-refractivity contribution in [2.24, 2.45) is 0 Å². The van der Waals surface area contributed by atoms with Gasteiger partial charge in [-0.05, 0) is 17.7 Å². The molecule has 0 saturated carbocycles. The zero-order valence-electron chi connectivity index (χ0n) is 16.9. The molecule has 0 aliphatic carbocycles. The number of hydrogen-bond acceptors (Lipinski definition) is 5. The molecule has 2 atom stereocenters. The van der Waals surface area contributed by atoms with Crippen LogP contribution < -0.4 is 10.3 Å². The molecule has 0 unspecified atom stereocenters. The normalized spacial score (nSPS) is 20.7. The highest BCUT2D eigenvalue weighted by Gasteiger charge is 2.68. The molecule has 0 radical (unpaired) electrons. The summed E-state index contributed by atoms with van der Waals surface area (Å²) in [5, 5.41) is 3.00. The third-order valence-electron chi connectivity index (χ3n) is 5.07. The van der Waals surface area contributed by atoms with E-state index in [1.54, 1.807) is 43.4 Å². The maximum atomic E-state index is 14.0. The van der Waals surface area contributed by atoms with Gasteiger partial charge in [0.05, 0.1) is 0 Å². The second kappa shape index (κ2) is 8.10. The molecule has 1 amide bonds. The lowest BCUT2D eigenvalue weighted by atomic mass is 9.71. The zero-order chi connectivity index (χ0) is 21.1. The van der Waals surface area contributed by atoms with E-state index < -0.39 is 11.6 Å². The summed E-state index contributed by atoms with van der Waals surface area (Å²) in [5.41, 5.74) is 2.82. The molecule has 1 heterocycles. The summed E-state index contributed by atoms with van der Waals surface area (Å²) in [4.78, 5) is 27.1. The van der Waals surface area contributed by atoms with Crippen LogP contribution in [0.25, 0.3) is 0 Å². The largest absolute Gasteiger partial charge is 0.477 e. The van der Waals surface area contributed by atoms with Crippen molar-refractivity contribution in [1.82, 2.24) is 15.6 Å². The van der Waals surface area contributed by atoms with Gasteiger partial charge in [0, 0.05) is 19.7 Å². The average molecular weight is 401 g/mol. The Morgan fingerprint density at radius 3 is 2.00 bits per heavy atom. The first-order valence-electron chi connectivity index (χ1n) is 9.70. The molecule has 0 spiro atoms. The summed E-state index contributed by atoms with van der Waals surface area (Å²) in [5.74, 6) is -0.00797. The van der Waals surface area contributed by atoms with Crippen molar-refractivity contribution in [3.05, 3.63) is 102 Å². The Hall–Kier alpha value is -3.48. The third-order valence-corrected chi connectivity index (χ3v) is 5.07. The molecule has 1 aliphatic heterocycles. The van der Waals surface area contributed by atoms with Gasteiger partial charge in [0.25, 0.3) is 5.91 Å². The number of ketones is 1. The topological polar surface area (TPSA) is 61.9 Å². The fourth-order valence-corrected chi connectivity index (χ4v) is 3.75. The minimum absolute atomic E-state index is 0.218. The van der Waals surface area contributed by atoms with E-state index in [1.165, 1.54) is 5.01 Å². The first-order valence-corrected chi connectivity index (χ1v) is 9.70. The van der Waals surface area contributed by atoms with Crippen molar-refractivity contribution in [3.8, 4) is 5.75 Å². The van der Waals surface area contributed by atoms with Gasteiger partial charge in [0.2, 0.25) is 6.10 Å². The second-order valence-electron chi connectivity index (χ2n) is 7.31. The van der Waals surface area contributed by atoms with Gasteiger partial charge in [0.1, 0.15) is 5.75 Å². The first-order chi connectivity index (χ1) is 14.5. The highest BCUT2D eigenvalue weighted by atomic mass is 16.5. The van der Waals surface area contributed by atoms with Gasteiger partial charge < -0.3 is 4.74 Å². The molecular weight excluding hydrogens is 378 g/mol. The summed E-state index contributed by atoms with van der Waals surface area (Å²) < 4.78 is 6.12. The van der Waals surface area contributed by atoms with Gasteiger partial charge in [-0.1, -0.05) is 78.9 Å². The number of benzene rings is 3. The van der Waals surface area contributed by atoms with E-state index in [2.05, 4.69) is 5.53 Å². The number of ether oxygens (including phenoxy) is 1. The van der Waals surface area contributed by atoms with Gasteiger partial charge in [-0.15, -0.1) is 0 Å². The Kier molecular flexibility index (Phi) is 5.35. The maximum absolute atomic E-state index is 14.0. The molecule has 3 aromatic rings. The first kappa shape index (κ1) is 19.8. The van der Waals surface area contributed by atoms with Crippen LogP contribution >= 0.6 is 0 Å². The molecule has 1 N–H and O–H groups in total. The molecule has 3 aromatic carbocycles. The summed E-state index contributed by atoms with van der Waals surface area (Å²) in [6, 6.07) is 27.3. The predicted octanol–water partition coefficient (Wildman–Crippen LogP) is 3.04. The highest BCUT2D eigenvalue weighted by molar-refractivity contribution is 6.13. The fourth-order valence-electron chi connectivity index (χ4n) is 3.75. The molecule has 0 bridgehead atoms. The third kappa shape index (κ3) is 3.26. The number of amides is 1. The molecule has 1 aliphatic rings. The molecule has 1 saturated heterocycles. The van der Waals surface area contributed by atoms with Gasteiger partial charge in [-0.25, -0.2) is 10.0 Å². The Bertz CT molecular complexity index is 1030. The smallest absolute Gasteiger partial charge is 0.283 e. The number of hydrogen-bond donors (Lipinski definition) is 1. The molecular formula is C24H23N3O3. The molecule has 152 valence electrons. The average Bonchev–Trinajstić information content (AvgIpc) is 2.79. The van der Waals surface area contributed by atoms with E-state index in [0.29, 0.717) is 16.9 Å².